The zero-order chi connectivity index (χ0) is 29.4. The van der Waals surface area contributed by atoms with Gasteiger partial charge in [0.15, 0.2) is 0 Å². The fourth-order valence-corrected chi connectivity index (χ4v) is 5.17. The number of benzene rings is 2. The Morgan fingerprint density at radius 3 is 1.95 bits per heavy atom. The molecule has 41 heavy (non-hydrogen) atoms. The molecule has 0 atom stereocenters. The molecule has 1 aliphatic carbocycles. The predicted octanol–water partition coefficient (Wildman–Crippen LogP) is 2.99. The van der Waals surface area contributed by atoms with Crippen molar-refractivity contribution >= 4 is 29.8 Å². The van der Waals surface area contributed by atoms with Crippen molar-refractivity contribution in [3.8, 4) is 11.1 Å². The molecule has 11 nitrogen and oxygen atoms in total. The summed E-state index contributed by atoms with van der Waals surface area (Å²) in [5.41, 5.74) is 1.99. The van der Waals surface area contributed by atoms with Gasteiger partial charge in [-0.1, -0.05) is 48.5 Å². The van der Waals surface area contributed by atoms with E-state index < -0.39 is 54.7 Å². The molecule has 0 unspecified atom stereocenters. The summed E-state index contributed by atoms with van der Waals surface area (Å²) in [6, 6.07) is 15.3. The van der Waals surface area contributed by atoms with Crippen LogP contribution in [0.25, 0.3) is 11.1 Å². The average Bonchev–Trinajstić information content (AvgIpc) is 3.44. The fourth-order valence-electron chi connectivity index (χ4n) is 5.17. The van der Waals surface area contributed by atoms with Gasteiger partial charge in [-0.25, -0.2) is 14.4 Å². The average molecular weight is 575 g/mol. The third-order valence-corrected chi connectivity index (χ3v) is 7.28. The summed E-state index contributed by atoms with van der Waals surface area (Å²) in [4.78, 5) is 70.9. The van der Waals surface area contributed by atoms with Crippen LogP contribution in [0.1, 0.15) is 42.7 Å². The first-order valence-electron chi connectivity index (χ1n) is 12.7. The Morgan fingerprint density at radius 2 is 1.41 bits per heavy atom. The molecule has 14 heteroatoms. The molecule has 0 aromatic heterocycles. The van der Waals surface area contributed by atoms with Gasteiger partial charge in [-0.3, -0.25) is 9.59 Å². The number of rotatable bonds is 6. The van der Waals surface area contributed by atoms with Crippen molar-refractivity contribution in [2.75, 3.05) is 19.7 Å². The van der Waals surface area contributed by atoms with Gasteiger partial charge in [-0.2, -0.15) is 13.2 Å². The number of hydroxylamine groups is 4. The number of fused-ring (bicyclic) bond motifs is 3. The molecule has 0 bridgehead atoms. The summed E-state index contributed by atoms with van der Waals surface area (Å²) in [5.74, 6) is -5.42. The van der Waals surface area contributed by atoms with Crippen molar-refractivity contribution < 1.29 is 51.6 Å². The normalized spacial score (nSPS) is 18.5. The summed E-state index contributed by atoms with van der Waals surface area (Å²) in [6.45, 7) is -0.895. The number of carbonyl (C=O) groups excluding carboxylic acids is 5. The topological polar surface area (TPSA) is 132 Å². The van der Waals surface area contributed by atoms with E-state index in [0.29, 0.717) is 10.1 Å². The summed E-state index contributed by atoms with van der Waals surface area (Å²) in [7, 11) is 0. The highest BCUT2D eigenvalue weighted by Crippen LogP contribution is 2.44. The quantitative estimate of drug-likeness (QED) is 0.517. The van der Waals surface area contributed by atoms with Crippen molar-refractivity contribution in [2.45, 2.75) is 43.3 Å². The van der Waals surface area contributed by atoms with Crippen LogP contribution in [-0.2, 0) is 33.6 Å². The first kappa shape index (κ1) is 28.1. The molecule has 0 saturated carbocycles. The number of imide groups is 1. The second kappa shape index (κ2) is 10.8. The lowest BCUT2D eigenvalue weighted by Gasteiger charge is -2.39. The van der Waals surface area contributed by atoms with E-state index >= 15 is 0 Å². The Kier molecular flexibility index (Phi) is 7.43. The summed E-state index contributed by atoms with van der Waals surface area (Å²) < 4.78 is 43.4. The third kappa shape index (κ3) is 5.59. The molecule has 3 amide bonds. The van der Waals surface area contributed by atoms with Crippen molar-refractivity contribution in [1.82, 2.24) is 15.4 Å². The van der Waals surface area contributed by atoms with Crippen molar-refractivity contribution in [3.63, 3.8) is 0 Å². The lowest BCUT2D eigenvalue weighted by Crippen LogP contribution is -2.62. The molecule has 3 aliphatic rings. The number of hydrogen-bond acceptors (Lipinski definition) is 9. The lowest BCUT2D eigenvalue weighted by molar-refractivity contribution is -0.244. The van der Waals surface area contributed by atoms with E-state index in [4.69, 9.17) is 9.57 Å². The van der Waals surface area contributed by atoms with Gasteiger partial charge in [0, 0.05) is 31.8 Å². The molecule has 2 aliphatic heterocycles. The van der Waals surface area contributed by atoms with Gasteiger partial charge in [0.2, 0.25) is 0 Å². The van der Waals surface area contributed by atoms with E-state index in [9.17, 15) is 37.1 Å². The Hall–Kier alpha value is -4.46. The van der Waals surface area contributed by atoms with E-state index in [0.717, 1.165) is 22.3 Å². The maximum absolute atomic E-state index is 13.2. The number of halogens is 3. The van der Waals surface area contributed by atoms with Gasteiger partial charge in [0.1, 0.15) is 12.1 Å². The Morgan fingerprint density at radius 1 is 0.878 bits per heavy atom. The largest absolute Gasteiger partial charge is 0.492 e. The van der Waals surface area contributed by atoms with Crippen LogP contribution in [0.15, 0.2) is 48.5 Å². The maximum atomic E-state index is 13.2. The van der Waals surface area contributed by atoms with Gasteiger partial charge in [-0.05, 0) is 35.1 Å². The highest BCUT2D eigenvalue weighted by molar-refractivity contribution is 6.02. The van der Waals surface area contributed by atoms with Crippen LogP contribution in [0.5, 0.6) is 0 Å². The van der Waals surface area contributed by atoms with Crippen LogP contribution in [0.4, 0.5) is 18.0 Å². The zero-order valence-corrected chi connectivity index (χ0v) is 21.4. The summed E-state index contributed by atoms with van der Waals surface area (Å²) >= 11 is 0. The molecule has 2 saturated heterocycles. The van der Waals surface area contributed by atoms with E-state index in [1.807, 2.05) is 48.5 Å². The van der Waals surface area contributed by atoms with Gasteiger partial charge < -0.3 is 19.7 Å². The standard InChI is InChI=1S/C27H24F3N3O8/c28-27(29,30)24(37)40-32-13-11-26(12-14-32,23(36)41-33-21(34)9-10-22(33)35)31-25(38)39-15-20-18-7-3-1-5-16(18)17-6-2-4-8-19(17)20/h1-8,20H,9-15H2,(H,31,38). The monoisotopic (exact) mass is 575 g/mol. The number of nitrogens with zero attached hydrogens (tertiary/aromatic N) is 2. The molecule has 2 aromatic carbocycles. The number of alkyl carbamates (subject to hydrolysis) is 1. The number of ether oxygens (including phenoxy) is 1. The van der Waals surface area contributed by atoms with Crippen LogP contribution in [0.3, 0.4) is 0 Å². The Labute approximate surface area is 231 Å². The number of nitrogens with one attached hydrogen (secondary N) is 1. The number of alkyl halides is 3. The second-order valence-electron chi connectivity index (χ2n) is 9.80. The highest BCUT2D eigenvalue weighted by Gasteiger charge is 2.50. The molecule has 0 spiro atoms. The molecule has 216 valence electrons. The van der Waals surface area contributed by atoms with Gasteiger partial charge in [0.05, 0.1) is 0 Å². The Bertz CT molecular complexity index is 1340. The number of piperidine rings is 1. The number of amides is 3. The summed E-state index contributed by atoms with van der Waals surface area (Å²) in [6.07, 6.45) is -7.35. The Balaban J connectivity index is 1.30. The van der Waals surface area contributed by atoms with Crippen LogP contribution in [-0.4, -0.2) is 71.4 Å². The first-order chi connectivity index (χ1) is 19.5. The summed E-state index contributed by atoms with van der Waals surface area (Å²) in [5, 5.41) is 3.44. The van der Waals surface area contributed by atoms with Crippen LogP contribution in [0, 0.1) is 0 Å². The molecule has 2 heterocycles. The molecule has 2 aromatic rings. The molecule has 5 rings (SSSR count). The molecule has 1 N–H and O–H groups in total. The molecule has 2 fully saturated rings. The smallest absolute Gasteiger partial charge is 0.449 e. The SMILES string of the molecule is O=C(NC1(C(=O)ON2C(=O)CCC2=O)CCN(OC(=O)C(F)(F)F)CC1)OCC1c2ccccc2-c2ccccc21. The molecule has 0 radical (unpaired) electrons. The highest BCUT2D eigenvalue weighted by atomic mass is 19.4. The third-order valence-electron chi connectivity index (χ3n) is 7.28. The van der Waals surface area contributed by atoms with Gasteiger partial charge >= 0.3 is 24.2 Å². The molecular formula is C27H24F3N3O8. The zero-order valence-electron chi connectivity index (χ0n) is 21.4. The van der Waals surface area contributed by atoms with E-state index in [1.54, 1.807) is 0 Å². The minimum absolute atomic E-state index is 0.0938. The van der Waals surface area contributed by atoms with Gasteiger partial charge in [-0.15, -0.1) is 10.1 Å². The lowest BCUT2D eigenvalue weighted by atomic mass is 9.88. The minimum Gasteiger partial charge on any atom is -0.449 e. The predicted molar refractivity (Wildman–Crippen MR) is 131 cm³/mol. The maximum Gasteiger partial charge on any atom is 0.492 e. The molecular weight excluding hydrogens is 551 g/mol. The van der Waals surface area contributed by atoms with Crippen molar-refractivity contribution in [3.05, 3.63) is 59.7 Å². The van der Waals surface area contributed by atoms with E-state index in [2.05, 4.69) is 10.2 Å². The van der Waals surface area contributed by atoms with Crippen molar-refractivity contribution in [1.29, 1.82) is 0 Å². The van der Waals surface area contributed by atoms with Crippen LogP contribution >= 0.6 is 0 Å². The first-order valence-corrected chi connectivity index (χ1v) is 12.7. The van der Waals surface area contributed by atoms with Crippen molar-refractivity contribution in [2.24, 2.45) is 0 Å². The number of hydrogen-bond donors (Lipinski definition) is 1. The second-order valence-corrected chi connectivity index (χ2v) is 9.80. The van der Waals surface area contributed by atoms with Crippen LogP contribution in [0.2, 0.25) is 0 Å². The minimum atomic E-state index is -5.23. The van der Waals surface area contributed by atoms with E-state index in [1.165, 1.54) is 0 Å². The van der Waals surface area contributed by atoms with E-state index in [-0.39, 0.29) is 38.2 Å². The van der Waals surface area contributed by atoms with Gasteiger partial charge in [0.25, 0.3) is 11.8 Å². The van der Waals surface area contributed by atoms with Crippen LogP contribution < -0.4 is 5.32 Å². The number of carbonyl (C=O) groups is 5. The fraction of sp³-hybridized carbons (Fsp3) is 0.370.